The average molecular weight is 256 g/mol. The quantitative estimate of drug-likeness (QED) is 0.760. The van der Waals surface area contributed by atoms with Crippen molar-refractivity contribution in [2.45, 2.75) is 13.3 Å². The van der Waals surface area contributed by atoms with Crippen molar-refractivity contribution in [3.63, 3.8) is 0 Å². The lowest BCUT2D eigenvalue weighted by molar-refractivity contribution is -0.121. The highest BCUT2D eigenvalue weighted by atomic mass is 35.5. The molecule has 17 heavy (non-hydrogen) atoms. The summed E-state index contributed by atoms with van der Waals surface area (Å²) < 4.78 is 5.42. The van der Waals surface area contributed by atoms with E-state index in [9.17, 15) is 4.79 Å². The van der Waals surface area contributed by atoms with Crippen LogP contribution in [0.5, 0.6) is 5.75 Å². The van der Waals surface area contributed by atoms with Crippen molar-refractivity contribution in [1.29, 1.82) is 0 Å². The van der Waals surface area contributed by atoms with Gasteiger partial charge in [0.1, 0.15) is 5.75 Å². The number of hydrogen-bond acceptors (Lipinski definition) is 2. The molecule has 94 valence electrons. The van der Waals surface area contributed by atoms with E-state index in [1.54, 1.807) is 0 Å². The third kappa shape index (κ3) is 6.17. The Morgan fingerprint density at radius 2 is 2.12 bits per heavy atom. The lowest BCUT2D eigenvalue weighted by Crippen LogP contribution is -2.29. The van der Waals surface area contributed by atoms with Gasteiger partial charge < -0.3 is 10.1 Å². The number of ether oxygens (including phenoxy) is 1. The van der Waals surface area contributed by atoms with Crippen molar-refractivity contribution < 1.29 is 9.53 Å². The maximum Gasteiger partial charge on any atom is 0.223 e. The Kier molecular flexibility index (Phi) is 6.48. The van der Waals surface area contributed by atoms with E-state index in [0.717, 1.165) is 5.75 Å². The highest BCUT2D eigenvalue weighted by Crippen LogP contribution is 2.08. The van der Waals surface area contributed by atoms with Crippen molar-refractivity contribution in [3.8, 4) is 5.75 Å². The molecule has 1 rings (SSSR count). The molecule has 1 amide bonds. The normalized spacial score (nSPS) is 11.9. The summed E-state index contributed by atoms with van der Waals surface area (Å²) in [5, 5.41) is 2.82. The maximum absolute atomic E-state index is 11.4. The van der Waals surface area contributed by atoms with Gasteiger partial charge in [0.15, 0.2) is 0 Å². The molecule has 0 bridgehead atoms. The zero-order chi connectivity index (χ0) is 12.5. The second-order valence-electron chi connectivity index (χ2n) is 3.98. The molecule has 0 aliphatic carbocycles. The predicted molar refractivity (Wildman–Crippen MR) is 69.4 cm³/mol. The minimum atomic E-state index is -0.00195. The highest BCUT2D eigenvalue weighted by Gasteiger charge is 2.04. The standard InChI is InChI=1S/C13H18ClNO2/c1-11(9-14)10-15-13(16)7-8-17-12-5-3-2-4-6-12/h2-6,11H,7-10H2,1H3,(H,15,16). The van der Waals surface area contributed by atoms with Gasteiger partial charge in [-0.25, -0.2) is 0 Å². The molecule has 0 saturated carbocycles. The van der Waals surface area contributed by atoms with Crippen LogP contribution in [0, 0.1) is 5.92 Å². The minimum absolute atomic E-state index is 0.00195. The van der Waals surface area contributed by atoms with E-state index in [4.69, 9.17) is 16.3 Å². The number of amides is 1. The molecular formula is C13H18ClNO2. The van der Waals surface area contributed by atoms with Crippen molar-refractivity contribution in [2.24, 2.45) is 5.92 Å². The van der Waals surface area contributed by atoms with E-state index >= 15 is 0 Å². The lowest BCUT2D eigenvalue weighted by atomic mass is 10.2. The van der Waals surface area contributed by atoms with Crippen LogP contribution in [0.3, 0.4) is 0 Å². The molecule has 1 N–H and O–H groups in total. The predicted octanol–water partition coefficient (Wildman–Crippen LogP) is 2.45. The molecule has 4 heteroatoms. The second kappa shape index (κ2) is 7.96. The van der Waals surface area contributed by atoms with Crippen LogP contribution in [-0.2, 0) is 4.79 Å². The zero-order valence-corrected chi connectivity index (χ0v) is 10.7. The summed E-state index contributed by atoms with van der Waals surface area (Å²) in [6.45, 7) is 3.01. The van der Waals surface area contributed by atoms with Gasteiger partial charge in [0.2, 0.25) is 5.91 Å². The molecule has 1 aromatic rings. The summed E-state index contributed by atoms with van der Waals surface area (Å²) >= 11 is 5.64. The van der Waals surface area contributed by atoms with Crippen molar-refractivity contribution in [1.82, 2.24) is 5.32 Å². The van der Waals surface area contributed by atoms with Gasteiger partial charge in [-0.3, -0.25) is 4.79 Å². The summed E-state index contributed by atoms with van der Waals surface area (Å²) in [5.41, 5.74) is 0. The zero-order valence-electron chi connectivity index (χ0n) is 9.99. The molecule has 0 aliphatic rings. The van der Waals surface area contributed by atoms with Gasteiger partial charge in [-0.15, -0.1) is 11.6 Å². The molecule has 1 aromatic carbocycles. The molecule has 0 aromatic heterocycles. The molecule has 0 radical (unpaired) electrons. The molecule has 1 atom stereocenters. The third-order valence-electron chi connectivity index (χ3n) is 2.25. The Balaban J connectivity index is 2.12. The number of carbonyl (C=O) groups excluding carboxylic acids is 1. The summed E-state index contributed by atoms with van der Waals surface area (Å²) in [6.07, 6.45) is 0.365. The molecule has 0 saturated heterocycles. The number of halogens is 1. The molecule has 0 aliphatic heterocycles. The maximum atomic E-state index is 11.4. The monoisotopic (exact) mass is 255 g/mol. The van der Waals surface area contributed by atoms with Crippen LogP contribution in [0.1, 0.15) is 13.3 Å². The number of rotatable bonds is 7. The van der Waals surface area contributed by atoms with Gasteiger partial charge in [-0.1, -0.05) is 25.1 Å². The Hall–Kier alpha value is -1.22. The van der Waals surface area contributed by atoms with Gasteiger partial charge in [0, 0.05) is 12.4 Å². The molecule has 3 nitrogen and oxygen atoms in total. The van der Waals surface area contributed by atoms with E-state index in [1.165, 1.54) is 0 Å². The number of nitrogens with one attached hydrogen (secondary N) is 1. The number of benzene rings is 1. The molecule has 0 spiro atoms. The van der Waals surface area contributed by atoms with Crippen molar-refractivity contribution >= 4 is 17.5 Å². The Labute approximate surface area is 107 Å². The van der Waals surface area contributed by atoms with Crippen LogP contribution in [0.2, 0.25) is 0 Å². The Morgan fingerprint density at radius 1 is 1.41 bits per heavy atom. The highest BCUT2D eigenvalue weighted by molar-refractivity contribution is 6.18. The summed E-state index contributed by atoms with van der Waals surface area (Å²) in [6, 6.07) is 9.46. The van der Waals surface area contributed by atoms with Gasteiger partial charge >= 0.3 is 0 Å². The molecule has 0 heterocycles. The van der Waals surface area contributed by atoms with Crippen molar-refractivity contribution in [2.75, 3.05) is 19.0 Å². The third-order valence-corrected chi connectivity index (χ3v) is 2.78. The van der Waals surface area contributed by atoms with Gasteiger partial charge in [0.05, 0.1) is 13.0 Å². The van der Waals surface area contributed by atoms with Crippen LogP contribution in [0.15, 0.2) is 30.3 Å². The lowest BCUT2D eigenvalue weighted by Gasteiger charge is -2.09. The number of carbonyl (C=O) groups is 1. The number of alkyl halides is 1. The first-order valence-corrected chi connectivity index (χ1v) is 6.26. The molecule has 1 unspecified atom stereocenters. The fourth-order valence-electron chi connectivity index (χ4n) is 1.21. The summed E-state index contributed by atoms with van der Waals surface area (Å²) in [4.78, 5) is 11.4. The van der Waals surface area contributed by atoms with E-state index in [0.29, 0.717) is 31.4 Å². The van der Waals surface area contributed by atoms with E-state index < -0.39 is 0 Å². The SMILES string of the molecule is CC(CCl)CNC(=O)CCOc1ccccc1. The topological polar surface area (TPSA) is 38.3 Å². The van der Waals surface area contributed by atoms with Gasteiger partial charge in [-0.2, -0.15) is 0 Å². The van der Waals surface area contributed by atoms with Crippen LogP contribution < -0.4 is 10.1 Å². The molecular weight excluding hydrogens is 238 g/mol. The van der Waals surface area contributed by atoms with Crippen LogP contribution in [0.4, 0.5) is 0 Å². The Bertz CT molecular complexity index is 329. The van der Waals surface area contributed by atoms with Crippen LogP contribution in [-0.4, -0.2) is 24.9 Å². The molecule has 0 fully saturated rings. The fraction of sp³-hybridized carbons (Fsp3) is 0.462. The minimum Gasteiger partial charge on any atom is -0.493 e. The average Bonchev–Trinajstić information content (AvgIpc) is 2.37. The number of para-hydroxylation sites is 1. The van der Waals surface area contributed by atoms with Gasteiger partial charge in [-0.05, 0) is 18.1 Å². The summed E-state index contributed by atoms with van der Waals surface area (Å²) in [7, 11) is 0. The van der Waals surface area contributed by atoms with E-state index in [-0.39, 0.29) is 5.91 Å². The number of hydrogen-bond donors (Lipinski definition) is 1. The second-order valence-corrected chi connectivity index (χ2v) is 4.28. The van der Waals surface area contributed by atoms with Crippen molar-refractivity contribution in [3.05, 3.63) is 30.3 Å². The first-order valence-electron chi connectivity index (χ1n) is 5.73. The fourth-order valence-corrected chi connectivity index (χ4v) is 1.32. The van der Waals surface area contributed by atoms with Crippen LogP contribution in [0.25, 0.3) is 0 Å². The van der Waals surface area contributed by atoms with Gasteiger partial charge in [0.25, 0.3) is 0 Å². The van der Waals surface area contributed by atoms with E-state index in [2.05, 4.69) is 5.32 Å². The van der Waals surface area contributed by atoms with E-state index in [1.807, 2.05) is 37.3 Å². The largest absolute Gasteiger partial charge is 0.493 e. The van der Waals surface area contributed by atoms with Crippen LogP contribution >= 0.6 is 11.6 Å². The smallest absolute Gasteiger partial charge is 0.223 e. The summed E-state index contributed by atoms with van der Waals surface area (Å²) in [5.74, 6) is 1.64. The Morgan fingerprint density at radius 3 is 2.76 bits per heavy atom. The first kappa shape index (κ1) is 13.8. The first-order chi connectivity index (χ1) is 8.22.